The number of hydrogen-bond donors (Lipinski definition) is 0. The Morgan fingerprint density at radius 1 is 1.45 bits per heavy atom. The number of benzene rings is 1. The molecule has 0 amide bonds. The summed E-state index contributed by atoms with van der Waals surface area (Å²) in [6.07, 6.45) is 0. The average molecular weight is 203 g/mol. The maximum atomic E-state index is 12.2. The van der Waals surface area contributed by atoms with Gasteiger partial charge in [0.2, 0.25) is 0 Å². The van der Waals surface area contributed by atoms with Gasteiger partial charge in [-0.15, -0.1) is 0 Å². The summed E-state index contributed by atoms with van der Waals surface area (Å²) in [4.78, 5) is 10.1. The first-order chi connectivity index (χ1) is 4.70. The first kappa shape index (κ1) is 10.1. The molecule has 1 aromatic rings. The maximum Gasteiger partial charge on any atom is 1.00 e. The number of rotatable bonds is 1. The van der Waals surface area contributed by atoms with Gasteiger partial charge in [0.05, 0.1) is 5.97 Å². The number of carboxylic acids is 1. The molecule has 2 nitrogen and oxygen atoms in total. The van der Waals surface area contributed by atoms with Crippen LogP contribution < -0.4 is 5.11 Å². The van der Waals surface area contributed by atoms with Crippen LogP contribution in [0, 0.1) is 5.82 Å². The smallest absolute Gasteiger partial charge is 0.545 e. The number of hydrogen-bond acceptors (Lipinski definition) is 2. The molecule has 4 heteroatoms. The van der Waals surface area contributed by atoms with Crippen LogP contribution in [0.5, 0.6) is 0 Å². The second-order valence-corrected chi connectivity index (χ2v) is 1.80. The molecule has 0 aliphatic carbocycles. The Morgan fingerprint density at radius 2 is 2.09 bits per heavy atom. The van der Waals surface area contributed by atoms with Gasteiger partial charge in [0, 0.05) is 5.56 Å². The van der Waals surface area contributed by atoms with E-state index in [-0.39, 0.29) is 22.6 Å². The van der Waals surface area contributed by atoms with Gasteiger partial charge >= 0.3 is 17.1 Å². The first-order valence-electron chi connectivity index (χ1n) is 2.67. The summed E-state index contributed by atoms with van der Waals surface area (Å²) in [5.74, 6) is -1.93. The van der Waals surface area contributed by atoms with Crippen LogP contribution in [-0.4, -0.2) is 5.97 Å². The van der Waals surface area contributed by atoms with Crippen molar-refractivity contribution in [3.8, 4) is 0 Å². The Morgan fingerprint density at radius 3 is 2.45 bits per heavy atom. The molecule has 1 rings (SSSR count). The van der Waals surface area contributed by atoms with Crippen LogP contribution in [0.3, 0.4) is 0 Å². The zero-order valence-corrected chi connectivity index (χ0v) is 6.25. The van der Waals surface area contributed by atoms with E-state index in [4.69, 9.17) is 0 Å². The molecule has 0 atom stereocenters. The quantitative estimate of drug-likeness (QED) is 0.610. The molecule has 0 spiro atoms. The fourth-order valence-corrected chi connectivity index (χ4v) is 0.615. The summed E-state index contributed by atoms with van der Waals surface area (Å²) in [6, 6.07) is 4.68. The van der Waals surface area contributed by atoms with E-state index in [0.717, 1.165) is 6.07 Å². The molecule has 0 fully saturated rings. The molecule has 11 heavy (non-hydrogen) atoms. The second kappa shape index (κ2) is 4.11. The second-order valence-electron chi connectivity index (χ2n) is 1.80. The molecule has 0 aromatic heterocycles. The Kier molecular flexibility index (Phi) is 3.79. The third-order valence-corrected chi connectivity index (χ3v) is 1.06. The third-order valence-electron chi connectivity index (χ3n) is 1.06. The molecule has 0 saturated carbocycles. The fraction of sp³-hybridized carbons (Fsp3) is 0. The summed E-state index contributed by atoms with van der Waals surface area (Å²) in [7, 11) is 0. The maximum absolute atomic E-state index is 12.2. The van der Waals surface area contributed by atoms with Crippen LogP contribution in [0.1, 0.15) is 10.4 Å². The Labute approximate surface area is 73.5 Å². The molecular formula is C7H4CuFO2. The van der Waals surface area contributed by atoms with Gasteiger partial charge in [0.15, 0.2) is 0 Å². The van der Waals surface area contributed by atoms with Gasteiger partial charge in [-0.25, -0.2) is 4.39 Å². The summed E-state index contributed by atoms with van der Waals surface area (Å²) in [5.41, 5.74) is -0.139. The van der Waals surface area contributed by atoms with Crippen molar-refractivity contribution in [3.05, 3.63) is 35.6 Å². The third kappa shape index (κ3) is 2.70. The minimum absolute atomic E-state index is 0. The van der Waals surface area contributed by atoms with Crippen molar-refractivity contribution >= 4 is 5.97 Å². The largest absolute Gasteiger partial charge is 1.00 e. The number of halogens is 1. The van der Waals surface area contributed by atoms with E-state index in [0.29, 0.717) is 0 Å². The number of carbonyl (C=O) groups excluding carboxylic acids is 1. The van der Waals surface area contributed by atoms with Gasteiger partial charge in [-0.3, -0.25) is 0 Å². The van der Waals surface area contributed by atoms with Crippen molar-refractivity contribution in [1.29, 1.82) is 0 Å². The van der Waals surface area contributed by atoms with Crippen molar-refractivity contribution < 1.29 is 31.4 Å². The Bertz CT molecular complexity index is 262. The van der Waals surface area contributed by atoms with E-state index in [1.165, 1.54) is 18.2 Å². The molecule has 0 unspecified atom stereocenters. The predicted molar refractivity (Wildman–Crippen MR) is 30.7 cm³/mol. The van der Waals surface area contributed by atoms with Crippen LogP contribution in [-0.2, 0) is 17.1 Å². The average Bonchev–Trinajstić information content (AvgIpc) is 1.88. The fourth-order valence-electron chi connectivity index (χ4n) is 0.615. The van der Waals surface area contributed by atoms with Gasteiger partial charge in [-0.05, 0) is 12.1 Å². The van der Waals surface area contributed by atoms with Gasteiger partial charge in [0.1, 0.15) is 5.82 Å². The van der Waals surface area contributed by atoms with Crippen LogP contribution in [0.2, 0.25) is 0 Å². The van der Waals surface area contributed by atoms with Gasteiger partial charge in [0.25, 0.3) is 0 Å². The van der Waals surface area contributed by atoms with Crippen molar-refractivity contribution in [2.75, 3.05) is 0 Å². The van der Waals surface area contributed by atoms with Crippen LogP contribution in [0.15, 0.2) is 24.3 Å². The van der Waals surface area contributed by atoms with Crippen molar-refractivity contribution in [2.24, 2.45) is 0 Å². The van der Waals surface area contributed by atoms with Crippen LogP contribution >= 0.6 is 0 Å². The van der Waals surface area contributed by atoms with E-state index in [2.05, 4.69) is 0 Å². The molecule has 0 heterocycles. The van der Waals surface area contributed by atoms with E-state index in [1.807, 2.05) is 0 Å². The topological polar surface area (TPSA) is 40.1 Å². The van der Waals surface area contributed by atoms with Crippen molar-refractivity contribution in [1.82, 2.24) is 0 Å². The molecule has 0 aliphatic heterocycles. The minimum Gasteiger partial charge on any atom is -0.545 e. The summed E-state index contributed by atoms with van der Waals surface area (Å²) >= 11 is 0. The van der Waals surface area contributed by atoms with Crippen molar-refractivity contribution in [3.63, 3.8) is 0 Å². The molecule has 0 aliphatic rings. The first-order valence-corrected chi connectivity index (χ1v) is 2.67. The number of aromatic carboxylic acids is 1. The molecule has 1 aromatic carbocycles. The van der Waals surface area contributed by atoms with E-state index in [9.17, 15) is 14.3 Å². The molecule has 62 valence electrons. The van der Waals surface area contributed by atoms with E-state index >= 15 is 0 Å². The summed E-state index contributed by atoms with van der Waals surface area (Å²) in [6.45, 7) is 0. The van der Waals surface area contributed by atoms with E-state index < -0.39 is 11.8 Å². The normalized spacial score (nSPS) is 8.45. The predicted octanol–water partition coefficient (Wildman–Crippen LogP) is 0.187. The Balaban J connectivity index is 0.000001000. The van der Waals surface area contributed by atoms with Crippen molar-refractivity contribution in [2.45, 2.75) is 0 Å². The monoisotopic (exact) mass is 202 g/mol. The SMILES string of the molecule is O=C([O-])c1cccc(F)c1.[Cu+]. The summed E-state index contributed by atoms with van der Waals surface area (Å²) < 4.78 is 12.2. The standard InChI is InChI=1S/C7H5FO2.Cu/c8-6-3-1-2-5(4-6)7(9)10;/h1-4H,(H,9,10);/q;+1/p-1. The molecule has 0 saturated heterocycles. The number of carboxylic acid groups (broad SMARTS) is 1. The number of carbonyl (C=O) groups is 1. The van der Waals surface area contributed by atoms with E-state index in [1.54, 1.807) is 0 Å². The molecule has 0 N–H and O–H groups in total. The zero-order valence-electron chi connectivity index (χ0n) is 5.31. The van der Waals surface area contributed by atoms with Crippen LogP contribution in [0.4, 0.5) is 4.39 Å². The van der Waals surface area contributed by atoms with Gasteiger partial charge in [-0.1, -0.05) is 12.1 Å². The zero-order chi connectivity index (χ0) is 7.56. The summed E-state index contributed by atoms with van der Waals surface area (Å²) in [5, 5.41) is 10.1. The molecular weight excluding hydrogens is 199 g/mol. The van der Waals surface area contributed by atoms with Crippen LogP contribution in [0.25, 0.3) is 0 Å². The minimum atomic E-state index is -1.36. The molecule has 0 radical (unpaired) electrons. The van der Waals surface area contributed by atoms with Gasteiger partial charge in [-0.2, -0.15) is 0 Å². The molecule has 0 bridgehead atoms. The van der Waals surface area contributed by atoms with Gasteiger partial charge < -0.3 is 9.90 Å². The Hall–Kier alpha value is -0.861.